The minimum atomic E-state index is 1.05. The summed E-state index contributed by atoms with van der Waals surface area (Å²) >= 11 is 0. The van der Waals surface area contributed by atoms with Crippen LogP contribution in [0.25, 0.3) is 0 Å². The Bertz CT molecular complexity index is 249. The van der Waals surface area contributed by atoms with E-state index in [0.29, 0.717) is 0 Å². The van der Waals surface area contributed by atoms with Crippen LogP contribution in [0, 0.1) is 0 Å². The van der Waals surface area contributed by atoms with Crippen LogP contribution in [0.4, 0.5) is 0 Å². The van der Waals surface area contributed by atoms with Crippen molar-refractivity contribution < 1.29 is 4.48 Å². The molecule has 0 aromatic carbocycles. The van der Waals surface area contributed by atoms with Crippen molar-refractivity contribution in [1.82, 2.24) is 4.90 Å². The van der Waals surface area contributed by atoms with Gasteiger partial charge in [0, 0.05) is 26.4 Å². The second-order valence-electron chi connectivity index (χ2n) is 4.98. The molecule has 0 aromatic heterocycles. The Balaban J connectivity index is 2.16. The first-order valence-electron chi connectivity index (χ1n) is 6.41. The monoisotopic (exact) mass is 210 g/mol. The van der Waals surface area contributed by atoms with Gasteiger partial charge in [-0.15, -0.1) is 0 Å². The number of guanidine groups is 1. The highest BCUT2D eigenvalue weighted by atomic mass is 15.5. The van der Waals surface area contributed by atoms with Crippen LogP contribution in [-0.4, -0.2) is 55.1 Å². The third kappa shape index (κ3) is 2.03. The lowest BCUT2D eigenvalue weighted by atomic mass is 10.1. The molecule has 2 heterocycles. The fourth-order valence-electron chi connectivity index (χ4n) is 2.99. The largest absolute Gasteiger partial charge is 0.314 e. The molecule has 0 radical (unpaired) electrons. The molecule has 2 rings (SSSR count). The van der Waals surface area contributed by atoms with Crippen molar-refractivity contribution >= 4 is 5.96 Å². The maximum atomic E-state index is 4.77. The molecule has 0 aliphatic carbocycles. The van der Waals surface area contributed by atoms with E-state index in [2.05, 4.69) is 18.9 Å². The van der Waals surface area contributed by atoms with Crippen LogP contribution in [0.2, 0.25) is 0 Å². The van der Waals surface area contributed by atoms with Crippen molar-refractivity contribution in [2.45, 2.75) is 32.6 Å². The zero-order valence-electron chi connectivity index (χ0n) is 10.2. The predicted molar refractivity (Wildman–Crippen MR) is 63.9 cm³/mol. The standard InChI is InChI=1S/C12H24N3/c1-3-4-9-15-10-5-7-13-12(15)14(2)8-6-11-15/h3-11H2,1-2H3/q+1. The lowest BCUT2D eigenvalue weighted by Gasteiger charge is -2.46. The van der Waals surface area contributed by atoms with Gasteiger partial charge in [-0.1, -0.05) is 13.3 Å². The van der Waals surface area contributed by atoms with Gasteiger partial charge in [0.15, 0.2) is 0 Å². The topological polar surface area (TPSA) is 15.6 Å². The number of fused-ring (bicyclic) bond motifs is 1. The molecule has 2 aliphatic heterocycles. The van der Waals surface area contributed by atoms with Crippen molar-refractivity contribution in [2.75, 3.05) is 39.8 Å². The van der Waals surface area contributed by atoms with Gasteiger partial charge in [0.25, 0.3) is 5.96 Å². The Morgan fingerprint density at radius 2 is 2.13 bits per heavy atom. The highest BCUT2D eigenvalue weighted by molar-refractivity contribution is 5.74. The van der Waals surface area contributed by atoms with Gasteiger partial charge in [-0.2, -0.15) is 0 Å². The first-order valence-corrected chi connectivity index (χ1v) is 6.41. The Labute approximate surface area is 93.4 Å². The van der Waals surface area contributed by atoms with Gasteiger partial charge >= 0.3 is 0 Å². The Kier molecular flexibility index (Phi) is 3.29. The molecule has 3 heteroatoms. The molecule has 2 aliphatic rings. The first-order chi connectivity index (χ1) is 7.28. The van der Waals surface area contributed by atoms with Gasteiger partial charge in [0.05, 0.1) is 26.2 Å². The zero-order chi connectivity index (χ0) is 10.7. The molecule has 0 N–H and O–H groups in total. The molecule has 15 heavy (non-hydrogen) atoms. The van der Waals surface area contributed by atoms with Crippen LogP contribution in [0.5, 0.6) is 0 Å². The summed E-state index contributed by atoms with van der Waals surface area (Å²) < 4.78 is 1.18. The maximum Gasteiger partial charge on any atom is 0.300 e. The minimum Gasteiger partial charge on any atom is -0.314 e. The van der Waals surface area contributed by atoms with E-state index in [9.17, 15) is 0 Å². The number of quaternary nitrogens is 1. The molecule has 0 saturated carbocycles. The Morgan fingerprint density at radius 1 is 1.33 bits per heavy atom. The molecule has 0 amide bonds. The quantitative estimate of drug-likeness (QED) is 0.647. The number of rotatable bonds is 3. The van der Waals surface area contributed by atoms with E-state index >= 15 is 0 Å². The van der Waals surface area contributed by atoms with Crippen LogP contribution in [0.3, 0.4) is 0 Å². The summed E-state index contributed by atoms with van der Waals surface area (Å²) in [6.07, 6.45) is 5.25. The number of aliphatic imine (C=N–C) groups is 1. The third-order valence-corrected chi connectivity index (χ3v) is 3.78. The highest BCUT2D eigenvalue weighted by Gasteiger charge is 2.40. The molecule has 0 aromatic rings. The summed E-state index contributed by atoms with van der Waals surface area (Å²) in [6, 6.07) is 0. The van der Waals surface area contributed by atoms with Crippen LogP contribution < -0.4 is 0 Å². The van der Waals surface area contributed by atoms with E-state index in [1.165, 1.54) is 62.3 Å². The highest BCUT2D eigenvalue weighted by Crippen LogP contribution is 2.23. The van der Waals surface area contributed by atoms with Crippen LogP contribution in [-0.2, 0) is 0 Å². The minimum absolute atomic E-state index is 1.05. The van der Waals surface area contributed by atoms with Crippen molar-refractivity contribution in [3.63, 3.8) is 0 Å². The molecule has 0 spiro atoms. The number of hydrogen-bond donors (Lipinski definition) is 0. The molecule has 3 nitrogen and oxygen atoms in total. The first kappa shape index (κ1) is 10.9. The van der Waals surface area contributed by atoms with Gasteiger partial charge < -0.3 is 4.90 Å². The van der Waals surface area contributed by atoms with Crippen molar-refractivity contribution in [2.24, 2.45) is 4.99 Å². The maximum absolute atomic E-state index is 4.77. The van der Waals surface area contributed by atoms with Gasteiger partial charge in [-0.05, 0) is 6.42 Å². The van der Waals surface area contributed by atoms with Gasteiger partial charge in [-0.25, -0.2) is 4.99 Å². The van der Waals surface area contributed by atoms with E-state index < -0.39 is 0 Å². The number of unbranched alkanes of at least 4 members (excludes halogenated alkanes) is 1. The average molecular weight is 210 g/mol. The molecule has 1 saturated heterocycles. The SMILES string of the molecule is CCCC[N+]12CCCN=C1N(C)CCC2. The van der Waals surface area contributed by atoms with Crippen LogP contribution >= 0.6 is 0 Å². The van der Waals surface area contributed by atoms with Gasteiger partial charge in [0.1, 0.15) is 0 Å². The second kappa shape index (κ2) is 4.52. The molecule has 1 unspecified atom stereocenters. The fraction of sp³-hybridized carbons (Fsp3) is 0.917. The molecular weight excluding hydrogens is 186 g/mol. The molecule has 1 fully saturated rings. The number of hydrogen-bond acceptors (Lipinski definition) is 2. The summed E-state index contributed by atoms with van der Waals surface area (Å²) in [5, 5.41) is 0. The van der Waals surface area contributed by atoms with Gasteiger partial charge in [0.2, 0.25) is 0 Å². The summed E-state index contributed by atoms with van der Waals surface area (Å²) in [4.78, 5) is 7.16. The second-order valence-corrected chi connectivity index (χ2v) is 4.98. The lowest BCUT2D eigenvalue weighted by molar-refractivity contribution is -0.853. The van der Waals surface area contributed by atoms with E-state index in [0.717, 1.165) is 6.54 Å². The smallest absolute Gasteiger partial charge is 0.300 e. The molecule has 0 bridgehead atoms. The van der Waals surface area contributed by atoms with Crippen LogP contribution in [0.1, 0.15) is 32.6 Å². The Morgan fingerprint density at radius 3 is 2.93 bits per heavy atom. The number of nitrogens with zero attached hydrogens (tertiary/aromatic N) is 3. The van der Waals surface area contributed by atoms with E-state index in [-0.39, 0.29) is 0 Å². The average Bonchev–Trinajstić information content (AvgIpc) is 2.27. The molecular formula is C12H24N3+. The third-order valence-electron chi connectivity index (χ3n) is 3.78. The summed E-state index contributed by atoms with van der Waals surface area (Å²) in [5.41, 5.74) is 0. The van der Waals surface area contributed by atoms with Gasteiger partial charge in [-0.3, -0.25) is 4.48 Å². The molecule has 1 atom stereocenters. The van der Waals surface area contributed by atoms with Crippen molar-refractivity contribution in [3.05, 3.63) is 0 Å². The van der Waals surface area contributed by atoms with Crippen molar-refractivity contribution in [3.8, 4) is 0 Å². The predicted octanol–water partition coefficient (Wildman–Crippen LogP) is 1.70. The molecule has 86 valence electrons. The summed E-state index contributed by atoms with van der Waals surface area (Å²) in [5.74, 6) is 1.38. The zero-order valence-corrected chi connectivity index (χ0v) is 10.2. The van der Waals surface area contributed by atoms with E-state index in [1.54, 1.807) is 0 Å². The van der Waals surface area contributed by atoms with E-state index in [4.69, 9.17) is 4.99 Å². The fourth-order valence-corrected chi connectivity index (χ4v) is 2.99. The van der Waals surface area contributed by atoms with E-state index in [1.807, 2.05) is 0 Å². The normalized spacial score (nSPS) is 31.1. The Hall–Kier alpha value is -0.570. The summed E-state index contributed by atoms with van der Waals surface area (Å²) in [6.45, 7) is 8.48. The van der Waals surface area contributed by atoms with Crippen LogP contribution in [0.15, 0.2) is 4.99 Å². The van der Waals surface area contributed by atoms with Crippen molar-refractivity contribution in [1.29, 1.82) is 0 Å². The summed E-state index contributed by atoms with van der Waals surface area (Å²) in [7, 11) is 2.21. The lowest BCUT2D eigenvalue weighted by Crippen LogP contribution is -2.64.